The molecule has 2 rings (SSSR count). The molecule has 0 aliphatic rings. The first-order valence-electron chi connectivity index (χ1n) is 5.05. The minimum atomic E-state index is -0.279. The molecule has 0 saturated heterocycles. The summed E-state index contributed by atoms with van der Waals surface area (Å²) in [5, 5.41) is 6.06. The molecule has 0 fully saturated rings. The van der Waals surface area contributed by atoms with Crippen LogP contribution in [-0.2, 0) is 0 Å². The van der Waals surface area contributed by atoms with Gasteiger partial charge in [0.25, 0.3) is 0 Å². The summed E-state index contributed by atoms with van der Waals surface area (Å²) >= 11 is 3.36. The fourth-order valence-corrected chi connectivity index (χ4v) is 1.74. The van der Waals surface area contributed by atoms with Crippen molar-refractivity contribution >= 4 is 33.1 Å². The van der Waals surface area contributed by atoms with Crippen LogP contribution in [0.15, 0.2) is 41.0 Å². The van der Waals surface area contributed by atoms with Gasteiger partial charge in [0.1, 0.15) is 11.6 Å². The summed E-state index contributed by atoms with van der Waals surface area (Å²) in [6.45, 7) is 0. The third kappa shape index (κ3) is 2.94. The zero-order valence-electron chi connectivity index (χ0n) is 9.17. The molecule has 0 bridgehead atoms. The number of rotatable bonds is 3. The Hall–Kier alpha value is -1.62. The van der Waals surface area contributed by atoms with Crippen LogP contribution >= 0.6 is 15.9 Å². The van der Waals surface area contributed by atoms with Crippen molar-refractivity contribution in [2.24, 2.45) is 0 Å². The Balaban J connectivity index is 2.27. The Morgan fingerprint density at radius 3 is 2.82 bits per heavy atom. The highest BCUT2D eigenvalue weighted by Crippen LogP contribution is 2.27. The third-order valence-corrected chi connectivity index (χ3v) is 2.91. The van der Waals surface area contributed by atoms with Gasteiger partial charge >= 0.3 is 0 Å². The molecule has 1 aromatic carbocycles. The van der Waals surface area contributed by atoms with E-state index in [0.29, 0.717) is 5.69 Å². The summed E-state index contributed by atoms with van der Waals surface area (Å²) in [7, 11) is 1.80. The van der Waals surface area contributed by atoms with Crippen LogP contribution in [0.2, 0.25) is 0 Å². The van der Waals surface area contributed by atoms with Crippen molar-refractivity contribution in [2.75, 3.05) is 17.7 Å². The number of anilines is 3. The van der Waals surface area contributed by atoms with Crippen molar-refractivity contribution in [2.45, 2.75) is 0 Å². The molecule has 0 atom stereocenters. The molecular weight excluding hydrogens is 285 g/mol. The topological polar surface area (TPSA) is 37.0 Å². The van der Waals surface area contributed by atoms with Crippen molar-refractivity contribution < 1.29 is 4.39 Å². The molecule has 5 heteroatoms. The molecular formula is C12H11BrFN3. The monoisotopic (exact) mass is 295 g/mol. The average Bonchev–Trinajstić information content (AvgIpc) is 2.34. The normalized spacial score (nSPS) is 10.1. The number of nitrogens with zero attached hydrogens (tertiary/aromatic N) is 1. The molecule has 2 aromatic rings. The molecule has 0 aliphatic heterocycles. The molecule has 88 valence electrons. The molecule has 2 N–H and O–H groups in total. The smallest absolute Gasteiger partial charge is 0.127 e. The van der Waals surface area contributed by atoms with E-state index in [2.05, 4.69) is 31.5 Å². The van der Waals surface area contributed by atoms with E-state index >= 15 is 0 Å². The maximum Gasteiger partial charge on any atom is 0.127 e. The second-order valence-electron chi connectivity index (χ2n) is 3.43. The number of nitrogens with one attached hydrogen (secondary N) is 2. The highest BCUT2D eigenvalue weighted by molar-refractivity contribution is 9.10. The molecule has 1 heterocycles. The maximum atomic E-state index is 13.1. The summed E-state index contributed by atoms with van der Waals surface area (Å²) < 4.78 is 13.9. The molecule has 1 aromatic heterocycles. The van der Waals surface area contributed by atoms with Gasteiger partial charge in [-0.15, -0.1) is 0 Å². The van der Waals surface area contributed by atoms with Gasteiger partial charge in [-0.25, -0.2) is 9.37 Å². The number of halogens is 2. The maximum absolute atomic E-state index is 13.1. The lowest BCUT2D eigenvalue weighted by molar-refractivity contribution is 0.628. The number of aromatic nitrogens is 1. The molecule has 0 radical (unpaired) electrons. The molecule has 0 spiro atoms. The lowest BCUT2D eigenvalue weighted by atomic mass is 10.3. The average molecular weight is 296 g/mol. The van der Waals surface area contributed by atoms with Gasteiger partial charge < -0.3 is 10.6 Å². The molecule has 0 amide bonds. The quantitative estimate of drug-likeness (QED) is 0.905. The first kappa shape index (κ1) is 11.9. The minimum absolute atomic E-state index is 0.279. The van der Waals surface area contributed by atoms with Crippen molar-refractivity contribution in [3.63, 3.8) is 0 Å². The Morgan fingerprint density at radius 1 is 1.24 bits per heavy atom. The highest BCUT2D eigenvalue weighted by atomic mass is 79.9. The van der Waals surface area contributed by atoms with Gasteiger partial charge in [0.2, 0.25) is 0 Å². The van der Waals surface area contributed by atoms with Crippen molar-refractivity contribution in [1.82, 2.24) is 4.98 Å². The van der Waals surface area contributed by atoms with Crippen LogP contribution < -0.4 is 10.6 Å². The van der Waals surface area contributed by atoms with Crippen molar-refractivity contribution in [3.05, 3.63) is 46.8 Å². The largest absolute Gasteiger partial charge is 0.373 e. The molecule has 0 aliphatic carbocycles. The summed E-state index contributed by atoms with van der Waals surface area (Å²) in [5.41, 5.74) is 1.52. The fraction of sp³-hybridized carbons (Fsp3) is 0.0833. The first-order valence-corrected chi connectivity index (χ1v) is 5.84. The number of pyridine rings is 1. The predicted octanol–water partition coefficient (Wildman–Crippen LogP) is 3.77. The van der Waals surface area contributed by atoms with E-state index in [4.69, 9.17) is 0 Å². The standard InChI is InChI=1S/C12H11BrFN3/c1-15-12-7-9(4-5-16-12)17-11-6-8(14)2-3-10(11)13/h2-7H,1H3,(H2,15,16,17). The first-order chi connectivity index (χ1) is 8.19. The van der Waals surface area contributed by atoms with Crippen LogP contribution in [0, 0.1) is 5.82 Å². The zero-order valence-corrected chi connectivity index (χ0v) is 10.8. The van der Waals surface area contributed by atoms with E-state index < -0.39 is 0 Å². The lowest BCUT2D eigenvalue weighted by Crippen LogP contribution is -1.96. The second kappa shape index (κ2) is 5.14. The SMILES string of the molecule is CNc1cc(Nc2cc(F)ccc2Br)ccn1. The van der Waals surface area contributed by atoms with Crippen LogP contribution in [0.3, 0.4) is 0 Å². The Bertz CT molecular complexity index is 531. The number of benzene rings is 1. The van der Waals surface area contributed by atoms with E-state index in [1.807, 2.05) is 12.1 Å². The van der Waals surface area contributed by atoms with Gasteiger partial charge in [-0.3, -0.25) is 0 Å². The van der Waals surface area contributed by atoms with Crippen LogP contribution in [0.5, 0.6) is 0 Å². The zero-order chi connectivity index (χ0) is 12.3. The van der Waals surface area contributed by atoms with Crippen molar-refractivity contribution in [3.8, 4) is 0 Å². The summed E-state index contributed by atoms with van der Waals surface area (Å²) in [6, 6.07) is 8.16. The van der Waals surface area contributed by atoms with Gasteiger partial charge in [-0.1, -0.05) is 0 Å². The minimum Gasteiger partial charge on any atom is -0.373 e. The Morgan fingerprint density at radius 2 is 2.06 bits per heavy atom. The summed E-state index contributed by atoms with van der Waals surface area (Å²) in [4.78, 5) is 4.10. The molecule has 0 unspecified atom stereocenters. The Labute approximate surface area is 107 Å². The van der Waals surface area contributed by atoms with Crippen molar-refractivity contribution in [1.29, 1.82) is 0 Å². The third-order valence-electron chi connectivity index (χ3n) is 2.22. The lowest BCUT2D eigenvalue weighted by Gasteiger charge is -2.09. The van der Waals surface area contributed by atoms with Crippen LogP contribution in [0.4, 0.5) is 21.6 Å². The van der Waals surface area contributed by atoms with Gasteiger partial charge in [0.05, 0.1) is 5.69 Å². The van der Waals surface area contributed by atoms with Crippen LogP contribution in [0.1, 0.15) is 0 Å². The Kier molecular flexibility index (Phi) is 3.58. The van der Waals surface area contributed by atoms with E-state index in [1.54, 1.807) is 19.3 Å². The molecule has 0 saturated carbocycles. The number of hydrogen-bond donors (Lipinski definition) is 2. The molecule has 3 nitrogen and oxygen atoms in total. The van der Waals surface area contributed by atoms with E-state index in [0.717, 1.165) is 16.0 Å². The number of hydrogen-bond acceptors (Lipinski definition) is 3. The fourth-order valence-electron chi connectivity index (χ4n) is 1.39. The second-order valence-corrected chi connectivity index (χ2v) is 4.28. The van der Waals surface area contributed by atoms with E-state index in [-0.39, 0.29) is 5.82 Å². The predicted molar refractivity (Wildman–Crippen MR) is 71.2 cm³/mol. The molecule has 17 heavy (non-hydrogen) atoms. The van der Waals surface area contributed by atoms with E-state index in [9.17, 15) is 4.39 Å². The van der Waals surface area contributed by atoms with Crippen LogP contribution in [-0.4, -0.2) is 12.0 Å². The summed E-state index contributed by atoms with van der Waals surface area (Å²) in [6.07, 6.45) is 1.68. The van der Waals surface area contributed by atoms with Gasteiger partial charge in [0.15, 0.2) is 0 Å². The van der Waals surface area contributed by atoms with Crippen LogP contribution in [0.25, 0.3) is 0 Å². The highest BCUT2D eigenvalue weighted by Gasteiger charge is 2.02. The van der Waals surface area contributed by atoms with E-state index in [1.165, 1.54) is 12.1 Å². The summed E-state index contributed by atoms with van der Waals surface area (Å²) in [5.74, 6) is 0.473. The van der Waals surface area contributed by atoms with Gasteiger partial charge in [0, 0.05) is 29.5 Å². The van der Waals surface area contributed by atoms with Gasteiger partial charge in [-0.05, 0) is 40.2 Å². The van der Waals surface area contributed by atoms with Gasteiger partial charge in [-0.2, -0.15) is 0 Å².